The Labute approximate surface area is 140 Å². The van der Waals surface area contributed by atoms with Crippen LogP contribution in [0.25, 0.3) is 10.2 Å². The van der Waals surface area contributed by atoms with Crippen LogP contribution in [-0.4, -0.2) is 27.5 Å². The Bertz CT molecular complexity index is 939. The average Bonchev–Trinajstić information content (AvgIpc) is 3.03. The van der Waals surface area contributed by atoms with Crippen molar-refractivity contribution in [2.24, 2.45) is 0 Å². The van der Waals surface area contributed by atoms with Gasteiger partial charge in [-0.1, -0.05) is 0 Å². The molecule has 6 nitrogen and oxygen atoms in total. The first-order chi connectivity index (χ1) is 11.0. The molecular weight excluding hydrogens is 334 g/mol. The number of rotatable bonds is 4. The largest absolute Gasteiger partial charge is 0.462 e. The van der Waals surface area contributed by atoms with Gasteiger partial charge in [-0.15, -0.1) is 22.7 Å². The van der Waals surface area contributed by atoms with Crippen LogP contribution < -0.4 is 5.56 Å². The highest BCUT2D eigenvalue weighted by molar-refractivity contribution is 7.20. The average molecular weight is 349 g/mol. The summed E-state index contributed by atoms with van der Waals surface area (Å²) in [6, 6.07) is 0. The molecule has 0 saturated carbocycles. The predicted octanol–water partition coefficient (Wildman–Crippen LogP) is 2.83. The number of carbonyl (C=O) groups excluding carboxylic acids is 1. The number of nitrogens with one attached hydrogen (secondary N) is 1. The highest BCUT2D eigenvalue weighted by Crippen LogP contribution is 2.27. The summed E-state index contributed by atoms with van der Waals surface area (Å²) in [6.07, 6.45) is 0.460. The Hall–Kier alpha value is -2.06. The maximum Gasteiger partial charge on any atom is 0.348 e. The summed E-state index contributed by atoms with van der Waals surface area (Å²) in [6.45, 7) is 5.72. The van der Waals surface area contributed by atoms with Crippen LogP contribution in [0.3, 0.4) is 0 Å². The van der Waals surface area contributed by atoms with Gasteiger partial charge in [-0.05, 0) is 26.3 Å². The van der Waals surface area contributed by atoms with Gasteiger partial charge in [0.05, 0.1) is 22.7 Å². The lowest BCUT2D eigenvalue weighted by Gasteiger charge is -1.99. The third kappa shape index (κ3) is 3.04. The Morgan fingerprint density at radius 3 is 2.78 bits per heavy atom. The van der Waals surface area contributed by atoms with E-state index in [1.807, 2.05) is 12.3 Å². The number of carbonyl (C=O) groups is 1. The molecular formula is C15H15N3O3S2. The molecule has 0 unspecified atom stereocenters. The molecule has 0 spiro atoms. The van der Waals surface area contributed by atoms with Crippen molar-refractivity contribution in [3.05, 3.63) is 42.7 Å². The molecule has 0 fully saturated rings. The zero-order valence-corrected chi connectivity index (χ0v) is 14.6. The van der Waals surface area contributed by atoms with E-state index in [2.05, 4.69) is 15.0 Å². The van der Waals surface area contributed by atoms with Crippen LogP contribution in [-0.2, 0) is 11.2 Å². The lowest BCUT2D eigenvalue weighted by Crippen LogP contribution is -2.12. The SMILES string of the molecule is CCOC(=O)c1sc2nc(Cc3csc(C)n3)[nH]c(=O)c2c1C. The summed E-state index contributed by atoms with van der Waals surface area (Å²) in [7, 11) is 0. The van der Waals surface area contributed by atoms with Crippen molar-refractivity contribution >= 4 is 38.9 Å². The van der Waals surface area contributed by atoms with E-state index in [4.69, 9.17) is 4.74 Å². The van der Waals surface area contributed by atoms with Gasteiger partial charge in [0.2, 0.25) is 0 Å². The maximum absolute atomic E-state index is 12.4. The quantitative estimate of drug-likeness (QED) is 0.732. The van der Waals surface area contributed by atoms with Crippen molar-refractivity contribution in [3.63, 3.8) is 0 Å². The van der Waals surface area contributed by atoms with E-state index < -0.39 is 5.97 Å². The Balaban J connectivity index is 2.04. The molecule has 23 heavy (non-hydrogen) atoms. The van der Waals surface area contributed by atoms with Crippen LogP contribution in [0, 0.1) is 13.8 Å². The molecule has 0 amide bonds. The fraction of sp³-hybridized carbons (Fsp3) is 0.333. The van der Waals surface area contributed by atoms with E-state index in [0.717, 1.165) is 10.7 Å². The first kappa shape index (κ1) is 15.8. The Kier molecular flexibility index (Phi) is 4.27. The zero-order valence-electron chi connectivity index (χ0n) is 12.9. The monoisotopic (exact) mass is 349 g/mol. The van der Waals surface area contributed by atoms with Gasteiger partial charge in [0.15, 0.2) is 0 Å². The number of thiazole rings is 1. The minimum Gasteiger partial charge on any atom is -0.462 e. The summed E-state index contributed by atoms with van der Waals surface area (Å²) in [5.74, 6) is 0.133. The third-order valence-electron chi connectivity index (χ3n) is 3.33. The second-order valence-electron chi connectivity index (χ2n) is 5.00. The van der Waals surface area contributed by atoms with Gasteiger partial charge in [0, 0.05) is 11.8 Å². The van der Waals surface area contributed by atoms with Gasteiger partial charge in [-0.3, -0.25) is 4.79 Å². The van der Waals surface area contributed by atoms with Gasteiger partial charge >= 0.3 is 5.97 Å². The van der Waals surface area contributed by atoms with Crippen molar-refractivity contribution in [1.29, 1.82) is 0 Å². The first-order valence-corrected chi connectivity index (χ1v) is 8.79. The first-order valence-electron chi connectivity index (χ1n) is 7.10. The van der Waals surface area contributed by atoms with E-state index in [-0.39, 0.29) is 5.56 Å². The van der Waals surface area contributed by atoms with Crippen molar-refractivity contribution < 1.29 is 9.53 Å². The number of ether oxygens (including phenoxy) is 1. The Morgan fingerprint density at radius 1 is 1.35 bits per heavy atom. The van der Waals surface area contributed by atoms with Crippen LogP contribution >= 0.6 is 22.7 Å². The normalized spacial score (nSPS) is 11.1. The highest BCUT2D eigenvalue weighted by Gasteiger charge is 2.20. The summed E-state index contributed by atoms with van der Waals surface area (Å²) in [5, 5.41) is 3.37. The molecule has 0 aliphatic heterocycles. The van der Waals surface area contributed by atoms with E-state index in [9.17, 15) is 9.59 Å². The standard InChI is InChI=1S/C15H15N3O3S2/c1-4-21-15(20)12-7(2)11-13(19)17-10(18-14(11)23-12)5-9-6-22-8(3)16-9/h6H,4-5H2,1-3H3,(H,17,18,19). The van der Waals surface area contributed by atoms with E-state index in [1.54, 1.807) is 25.2 Å². The fourth-order valence-corrected chi connectivity index (χ4v) is 4.03. The summed E-state index contributed by atoms with van der Waals surface area (Å²) < 4.78 is 5.03. The van der Waals surface area contributed by atoms with E-state index >= 15 is 0 Å². The molecule has 0 saturated heterocycles. The number of H-pyrrole nitrogens is 1. The molecule has 120 valence electrons. The molecule has 1 N–H and O–H groups in total. The molecule has 8 heteroatoms. The van der Waals surface area contributed by atoms with Gasteiger partial charge < -0.3 is 9.72 Å². The molecule has 3 aromatic heterocycles. The summed E-state index contributed by atoms with van der Waals surface area (Å²) in [5.41, 5.74) is 1.25. The summed E-state index contributed by atoms with van der Waals surface area (Å²) in [4.78, 5) is 36.9. The molecule has 0 aromatic carbocycles. The number of hydrogen-bond donors (Lipinski definition) is 1. The number of thiophene rings is 1. The van der Waals surface area contributed by atoms with Gasteiger partial charge in [0.25, 0.3) is 5.56 Å². The topological polar surface area (TPSA) is 84.9 Å². The number of hydrogen-bond acceptors (Lipinski definition) is 7. The van der Waals surface area contributed by atoms with Crippen molar-refractivity contribution in [1.82, 2.24) is 15.0 Å². The molecule has 0 radical (unpaired) electrons. The zero-order chi connectivity index (χ0) is 16.6. The number of esters is 1. The number of aryl methyl sites for hydroxylation is 2. The van der Waals surface area contributed by atoms with Crippen LogP contribution in [0.15, 0.2) is 10.2 Å². The molecule has 0 atom stereocenters. The van der Waals surface area contributed by atoms with Crippen LogP contribution in [0.2, 0.25) is 0 Å². The number of aromatic amines is 1. The van der Waals surface area contributed by atoms with Crippen LogP contribution in [0.4, 0.5) is 0 Å². The van der Waals surface area contributed by atoms with Gasteiger partial charge in [-0.25, -0.2) is 14.8 Å². The number of nitrogens with zero attached hydrogens (tertiary/aromatic N) is 2. The molecule has 0 aliphatic carbocycles. The summed E-state index contributed by atoms with van der Waals surface area (Å²) >= 11 is 2.75. The minimum atomic E-state index is -0.413. The second-order valence-corrected chi connectivity index (χ2v) is 7.07. The highest BCUT2D eigenvalue weighted by atomic mass is 32.1. The molecule has 3 heterocycles. The lowest BCUT2D eigenvalue weighted by atomic mass is 10.2. The molecule has 0 aliphatic rings. The molecule has 3 aromatic rings. The third-order valence-corrected chi connectivity index (χ3v) is 5.31. The van der Waals surface area contributed by atoms with Crippen molar-refractivity contribution in [2.75, 3.05) is 6.61 Å². The number of aromatic nitrogens is 3. The van der Waals surface area contributed by atoms with Gasteiger partial charge in [-0.2, -0.15) is 0 Å². The van der Waals surface area contributed by atoms with Gasteiger partial charge in [0.1, 0.15) is 15.5 Å². The van der Waals surface area contributed by atoms with Crippen molar-refractivity contribution in [3.8, 4) is 0 Å². The lowest BCUT2D eigenvalue weighted by molar-refractivity contribution is 0.0531. The predicted molar refractivity (Wildman–Crippen MR) is 90.6 cm³/mol. The minimum absolute atomic E-state index is 0.235. The van der Waals surface area contributed by atoms with Crippen LogP contribution in [0.1, 0.15) is 38.7 Å². The number of fused-ring (bicyclic) bond motifs is 1. The second kappa shape index (κ2) is 6.21. The smallest absolute Gasteiger partial charge is 0.348 e. The van der Waals surface area contributed by atoms with Crippen LogP contribution in [0.5, 0.6) is 0 Å². The maximum atomic E-state index is 12.4. The van der Waals surface area contributed by atoms with Crippen molar-refractivity contribution in [2.45, 2.75) is 27.2 Å². The van der Waals surface area contributed by atoms with E-state index in [0.29, 0.717) is 39.5 Å². The Morgan fingerprint density at radius 2 is 2.13 bits per heavy atom. The van der Waals surface area contributed by atoms with E-state index in [1.165, 1.54) is 11.3 Å². The molecule has 3 rings (SSSR count). The molecule has 0 bridgehead atoms. The fourth-order valence-electron chi connectivity index (χ4n) is 2.32.